The molecule has 20 heavy (non-hydrogen) atoms. The molecule has 2 aromatic carbocycles. The van der Waals surface area contributed by atoms with E-state index in [0.717, 1.165) is 21.5 Å². The van der Waals surface area contributed by atoms with Crippen LogP contribution in [0.2, 0.25) is 0 Å². The molecule has 0 aliphatic heterocycles. The third-order valence-electron chi connectivity index (χ3n) is 2.98. The van der Waals surface area contributed by atoms with Gasteiger partial charge in [0, 0.05) is 11.7 Å². The number of ether oxygens (including phenoxy) is 1. The van der Waals surface area contributed by atoms with Crippen molar-refractivity contribution in [2.24, 2.45) is 0 Å². The Bertz CT molecular complexity index is 619. The molecule has 1 unspecified atom stereocenters. The van der Waals surface area contributed by atoms with Crippen LogP contribution in [-0.4, -0.2) is 7.11 Å². The molecule has 0 saturated heterocycles. The quantitative estimate of drug-likeness (QED) is 0.725. The lowest BCUT2D eigenvalue weighted by Crippen LogP contribution is -2.06. The van der Waals surface area contributed by atoms with Crippen molar-refractivity contribution in [3.63, 3.8) is 0 Å². The maximum Gasteiger partial charge on any atom is 0.137 e. The molecule has 0 amide bonds. The minimum Gasteiger partial charge on any atom is -0.496 e. The molecule has 0 heterocycles. The Morgan fingerprint density at radius 2 is 1.85 bits per heavy atom. The summed E-state index contributed by atoms with van der Waals surface area (Å²) in [5.74, 6) is 0.529. The summed E-state index contributed by atoms with van der Waals surface area (Å²) in [7, 11) is 1.63. The molecule has 0 fully saturated rings. The molecule has 0 spiro atoms. The Morgan fingerprint density at radius 3 is 2.45 bits per heavy atom. The molecule has 2 aromatic rings. The largest absolute Gasteiger partial charge is 0.496 e. The van der Waals surface area contributed by atoms with Gasteiger partial charge in [-0.3, -0.25) is 0 Å². The molecular weight excluding hydrogens is 389 g/mol. The van der Waals surface area contributed by atoms with Gasteiger partial charge in [-0.1, -0.05) is 6.07 Å². The smallest absolute Gasteiger partial charge is 0.137 e. The summed E-state index contributed by atoms with van der Waals surface area (Å²) >= 11 is 6.66. The molecule has 0 radical (unpaired) electrons. The lowest BCUT2D eigenvalue weighted by atomic mass is 10.1. The minimum absolute atomic E-state index is 0.0622. The van der Waals surface area contributed by atoms with Gasteiger partial charge in [0.1, 0.15) is 11.6 Å². The van der Waals surface area contributed by atoms with E-state index in [1.54, 1.807) is 19.2 Å². The van der Waals surface area contributed by atoms with Gasteiger partial charge in [0.15, 0.2) is 0 Å². The normalized spacial score (nSPS) is 12.1. The highest BCUT2D eigenvalue weighted by Crippen LogP contribution is 2.30. The van der Waals surface area contributed by atoms with E-state index in [0.29, 0.717) is 4.47 Å². The highest BCUT2D eigenvalue weighted by atomic mass is 79.9. The van der Waals surface area contributed by atoms with E-state index >= 15 is 0 Å². The van der Waals surface area contributed by atoms with Crippen LogP contribution in [0.3, 0.4) is 0 Å². The summed E-state index contributed by atoms with van der Waals surface area (Å²) in [5.41, 5.74) is 1.97. The lowest BCUT2D eigenvalue weighted by Gasteiger charge is -2.17. The van der Waals surface area contributed by atoms with E-state index in [1.165, 1.54) is 6.07 Å². The van der Waals surface area contributed by atoms with Crippen LogP contribution in [0.1, 0.15) is 18.5 Å². The SMILES string of the molecule is COc1ccc(NC(C)c2ccc(F)c(Br)c2)cc1Br. The van der Waals surface area contributed by atoms with E-state index < -0.39 is 0 Å². The third kappa shape index (κ3) is 3.52. The molecule has 0 saturated carbocycles. The Morgan fingerprint density at radius 1 is 1.10 bits per heavy atom. The number of methoxy groups -OCH3 is 1. The first-order chi connectivity index (χ1) is 9.51. The van der Waals surface area contributed by atoms with Crippen molar-refractivity contribution < 1.29 is 9.13 Å². The molecule has 0 bridgehead atoms. The van der Waals surface area contributed by atoms with E-state index in [-0.39, 0.29) is 11.9 Å². The predicted octanol–water partition coefficient (Wildman–Crippen LogP) is 5.53. The van der Waals surface area contributed by atoms with Crippen molar-refractivity contribution in [1.29, 1.82) is 0 Å². The van der Waals surface area contributed by atoms with Gasteiger partial charge in [-0.2, -0.15) is 0 Å². The van der Waals surface area contributed by atoms with Crippen LogP contribution in [0.5, 0.6) is 5.75 Å². The first kappa shape index (κ1) is 15.3. The molecule has 2 nitrogen and oxygen atoms in total. The average Bonchev–Trinajstić information content (AvgIpc) is 2.42. The Kier molecular flexibility index (Phi) is 5.05. The van der Waals surface area contributed by atoms with Gasteiger partial charge in [0.25, 0.3) is 0 Å². The molecule has 1 atom stereocenters. The van der Waals surface area contributed by atoms with E-state index in [4.69, 9.17) is 4.74 Å². The van der Waals surface area contributed by atoms with Crippen LogP contribution >= 0.6 is 31.9 Å². The molecule has 0 aromatic heterocycles. The first-order valence-corrected chi connectivity index (χ1v) is 7.65. The summed E-state index contributed by atoms with van der Waals surface area (Å²) < 4.78 is 19.8. The van der Waals surface area contributed by atoms with Crippen LogP contribution in [0.4, 0.5) is 10.1 Å². The van der Waals surface area contributed by atoms with E-state index in [2.05, 4.69) is 37.2 Å². The number of hydrogen-bond donors (Lipinski definition) is 1. The molecule has 106 valence electrons. The van der Waals surface area contributed by atoms with Crippen molar-refractivity contribution >= 4 is 37.5 Å². The molecule has 1 N–H and O–H groups in total. The summed E-state index contributed by atoms with van der Waals surface area (Å²) in [6, 6.07) is 10.9. The Hall–Kier alpha value is -1.07. The topological polar surface area (TPSA) is 21.3 Å². The number of anilines is 1. The number of hydrogen-bond acceptors (Lipinski definition) is 2. The van der Waals surface area contributed by atoms with E-state index in [1.807, 2.05) is 25.1 Å². The number of rotatable bonds is 4. The van der Waals surface area contributed by atoms with E-state index in [9.17, 15) is 4.39 Å². The Balaban J connectivity index is 2.16. The molecule has 5 heteroatoms. The van der Waals surface area contributed by atoms with Gasteiger partial charge >= 0.3 is 0 Å². The highest BCUT2D eigenvalue weighted by molar-refractivity contribution is 9.10. The van der Waals surface area contributed by atoms with Crippen LogP contribution < -0.4 is 10.1 Å². The van der Waals surface area contributed by atoms with Crippen molar-refractivity contribution in [3.05, 3.63) is 56.7 Å². The predicted molar refractivity (Wildman–Crippen MR) is 86.8 cm³/mol. The van der Waals surface area contributed by atoms with Crippen LogP contribution in [0.15, 0.2) is 45.3 Å². The van der Waals surface area contributed by atoms with Gasteiger partial charge in [-0.25, -0.2) is 4.39 Å². The van der Waals surface area contributed by atoms with Crippen molar-refractivity contribution in [2.75, 3.05) is 12.4 Å². The first-order valence-electron chi connectivity index (χ1n) is 6.06. The molecule has 2 rings (SSSR count). The van der Waals surface area contributed by atoms with Gasteiger partial charge in [-0.05, 0) is 74.7 Å². The molecule has 0 aliphatic carbocycles. The Labute approximate surface area is 134 Å². The zero-order valence-electron chi connectivity index (χ0n) is 11.1. The second-order valence-electron chi connectivity index (χ2n) is 4.39. The summed E-state index contributed by atoms with van der Waals surface area (Å²) in [6.45, 7) is 2.03. The monoisotopic (exact) mass is 401 g/mol. The summed E-state index contributed by atoms with van der Waals surface area (Å²) in [6.07, 6.45) is 0. The van der Waals surface area contributed by atoms with Crippen LogP contribution in [0, 0.1) is 5.82 Å². The van der Waals surface area contributed by atoms with Crippen molar-refractivity contribution in [2.45, 2.75) is 13.0 Å². The second kappa shape index (κ2) is 6.59. The summed E-state index contributed by atoms with van der Waals surface area (Å²) in [4.78, 5) is 0. The van der Waals surface area contributed by atoms with Crippen LogP contribution in [0.25, 0.3) is 0 Å². The summed E-state index contributed by atoms with van der Waals surface area (Å²) in [5, 5.41) is 3.37. The van der Waals surface area contributed by atoms with Crippen molar-refractivity contribution in [3.8, 4) is 5.75 Å². The number of nitrogens with one attached hydrogen (secondary N) is 1. The fraction of sp³-hybridized carbons (Fsp3) is 0.200. The zero-order valence-corrected chi connectivity index (χ0v) is 14.3. The van der Waals surface area contributed by atoms with Crippen LogP contribution in [-0.2, 0) is 0 Å². The third-order valence-corrected chi connectivity index (χ3v) is 4.21. The second-order valence-corrected chi connectivity index (χ2v) is 6.10. The van der Waals surface area contributed by atoms with Gasteiger partial charge in [-0.15, -0.1) is 0 Å². The molecular formula is C15H14Br2FNO. The average molecular weight is 403 g/mol. The number of halogens is 3. The zero-order chi connectivity index (χ0) is 14.7. The van der Waals surface area contributed by atoms with Crippen molar-refractivity contribution in [1.82, 2.24) is 0 Å². The standard InChI is InChI=1S/C15H14Br2FNO/c1-9(10-3-5-14(18)12(16)7-10)19-11-4-6-15(20-2)13(17)8-11/h3-9,19H,1-2H3. The minimum atomic E-state index is -0.256. The lowest BCUT2D eigenvalue weighted by molar-refractivity contribution is 0.412. The van der Waals surface area contributed by atoms with Gasteiger partial charge in [0.05, 0.1) is 16.1 Å². The van der Waals surface area contributed by atoms with Gasteiger partial charge < -0.3 is 10.1 Å². The highest BCUT2D eigenvalue weighted by Gasteiger charge is 2.09. The maximum absolute atomic E-state index is 13.2. The van der Waals surface area contributed by atoms with Gasteiger partial charge in [0.2, 0.25) is 0 Å². The fourth-order valence-corrected chi connectivity index (χ4v) is 2.81. The fourth-order valence-electron chi connectivity index (χ4n) is 1.87. The molecule has 0 aliphatic rings. The maximum atomic E-state index is 13.2. The number of benzene rings is 2.